The van der Waals surface area contributed by atoms with Crippen molar-refractivity contribution in [1.29, 1.82) is 10.5 Å². The lowest BCUT2D eigenvalue weighted by atomic mass is 9.89. The number of rotatable bonds is 3. The van der Waals surface area contributed by atoms with E-state index in [1.165, 1.54) is 12.1 Å². The molecule has 0 radical (unpaired) electrons. The van der Waals surface area contributed by atoms with Crippen molar-refractivity contribution in [1.82, 2.24) is 0 Å². The summed E-state index contributed by atoms with van der Waals surface area (Å²) in [7, 11) is 0. The van der Waals surface area contributed by atoms with Crippen LogP contribution in [0.25, 0.3) is 22.3 Å². The summed E-state index contributed by atoms with van der Waals surface area (Å²) in [6, 6.07) is 18.5. The molecule has 0 spiro atoms. The fraction of sp³-hybridized carbons (Fsp3) is 0. The number of nitriles is 2. The average molecular weight is 355 g/mol. The molecule has 0 amide bonds. The Bertz CT molecular complexity index is 1140. The molecule has 0 unspecified atom stereocenters. The van der Waals surface area contributed by atoms with Gasteiger partial charge in [-0.05, 0) is 41.5 Å². The number of anilines is 2. The van der Waals surface area contributed by atoms with Gasteiger partial charge in [-0.2, -0.15) is 10.5 Å². The minimum atomic E-state index is -0.500. The fourth-order valence-electron chi connectivity index (χ4n) is 2.87. The third-order valence-electron chi connectivity index (χ3n) is 4.18. The van der Waals surface area contributed by atoms with Crippen molar-refractivity contribution in [2.75, 3.05) is 11.5 Å². The summed E-state index contributed by atoms with van der Waals surface area (Å²) in [5.41, 5.74) is 15.1. The van der Waals surface area contributed by atoms with Crippen LogP contribution in [0.15, 0.2) is 54.6 Å². The van der Waals surface area contributed by atoms with E-state index < -0.39 is 4.92 Å². The normalized spacial score (nSPS) is 10.0. The summed E-state index contributed by atoms with van der Waals surface area (Å²) in [6.07, 6.45) is 0. The lowest BCUT2D eigenvalue weighted by Crippen LogP contribution is -2.01. The Morgan fingerprint density at radius 2 is 1.44 bits per heavy atom. The van der Waals surface area contributed by atoms with Gasteiger partial charge in [-0.3, -0.25) is 10.1 Å². The number of nitro benzene ring substituents is 1. The molecule has 7 heteroatoms. The van der Waals surface area contributed by atoms with E-state index in [-0.39, 0.29) is 22.5 Å². The molecule has 3 rings (SSSR count). The first-order chi connectivity index (χ1) is 13.0. The first kappa shape index (κ1) is 17.5. The molecule has 0 bridgehead atoms. The van der Waals surface area contributed by atoms with Crippen LogP contribution in [0.5, 0.6) is 0 Å². The van der Waals surface area contributed by atoms with Crippen molar-refractivity contribution in [3.8, 4) is 34.4 Å². The van der Waals surface area contributed by atoms with E-state index in [1.807, 2.05) is 6.07 Å². The van der Waals surface area contributed by atoms with Crippen molar-refractivity contribution in [3.63, 3.8) is 0 Å². The Morgan fingerprint density at radius 1 is 0.852 bits per heavy atom. The van der Waals surface area contributed by atoms with Crippen LogP contribution in [0.4, 0.5) is 17.1 Å². The van der Waals surface area contributed by atoms with Crippen LogP contribution < -0.4 is 11.5 Å². The van der Waals surface area contributed by atoms with Crippen LogP contribution in [-0.4, -0.2) is 4.92 Å². The van der Waals surface area contributed by atoms with E-state index in [4.69, 9.17) is 11.5 Å². The zero-order valence-electron chi connectivity index (χ0n) is 14.0. The number of nitrogens with zero attached hydrogens (tertiary/aromatic N) is 3. The predicted octanol–water partition coefficient (Wildman–Crippen LogP) is 3.84. The molecule has 0 aliphatic heterocycles. The van der Waals surface area contributed by atoms with E-state index in [0.29, 0.717) is 27.9 Å². The average Bonchev–Trinajstić information content (AvgIpc) is 2.67. The van der Waals surface area contributed by atoms with Gasteiger partial charge in [-0.15, -0.1) is 0 Å². The van der Waals surface area contributed by atoms with Crippen molar-refractivity contribution >= 4 is 17.1 Å². The zero-order valence-corrected chi connectivity index (χ0v) is 14.0. The van der Waals surface area contributed by atoms with Gasteiger partial charge in [0.25, 0.3) is 5.69 Å². The Hall–Kier alpha value is -4.36. The van der Waals surface area contributed by atoms with Gasteiger partial charge in [-0.1, -0.05) is 12.1 Å². The second-order valence-corrected chi connectivity index (χ2v) is 5.79. The smallest absolute Gasteiger partial charge is 0.269 e. The van der Waals surface area contributed by atoms with Gasteiger partial charge < -0.3 is 11.5 Å². The van der Waals surface area contributed by atoms with E-state index in [1.54, 1.807) is 42.5 Å². The molecule has 3 aromatic carbocycles. The number of nitrogen functional groups attached to an aromatic ring is 2. The second-order valence-electron chi connectivity index (χ2n) is 5.79. The van der Waals surface area contributed by atoms with E-state index >= 15 is 0 Å². The summed E-state index contributed by atoms with van der Waals surface area (Å²) >= 11 is 0. The number of hydrogen-bond donors (Lipinski definition) is 2. The van der Waals surface area contributed by atoms with E-state index in [2.05, 4.69) is 6.07 Å². The molecule has 0 aromatic heterocycles. The molecule has 27 heavy (non-hydrogen) atoms. The maximum Gasteiger partial charge on any atom is 0.269 e. The van der Waals surface area contributed by atoms with Crippen LogP contribution in [-0.2, 0) is 0 Å². The molecular formula is C20H13N5O2. The Kier molecular flexibility index (Phi) is 4.44. The Labute approximate surface area is 154 Å². The summed E-state index contributed by atoms with van der Waals surface area (Å²) in [5.74, 6) is 0. The number of benzene rings is 3. The van der Waals surface area contributed by atoms with Crippen LogP contribution in [0.2, 0.25) is 0 Å². The summed E-state index contributed by atoms with van der Waals surface area (Å²) in [4.78, 5) is 10.4. The Balaban J connectivity index is 2.30. The van der Waals surface area contributed by atoms with Gasteiger partial charge in [0, 0.05) is 28.9 Å². The van der Waals surface area contributed by atoms with Gasteiger partial charge in [0.15, 0.2) is 0 Å². The Morgan fingerprint density at radius 3 is 1.96 bits per heavy atom. The van der Waals surface area contributed by atoms with Crippen molar-refractivity contribution in [2.45, 2.75) is 0 Å². The quantitative estimate of drug-likeness (QED) is 0.415. The maximum absolute atomic E-state index is 10.9. The zero-order chi connectivity index (χ0) is 19.6. The molecule has 0 heterocycles. The van der Waals surface area contributed by atoms with Gasteiger partial charge in [0.2, 0.25) is 0 Å². The highest BCUT2D eigenvalue weighted by Gasteiger charge is 2.19. The van der Waals surface area contributed by atoms with Crippen LogP contribution in [0.1, 0.15) is 11.1 Å². The number of non-ortho nitro benzene ring substituents is 1. The first-order valence-corrected chi connectivity index (χ1v) is 7.83. The van der Waals surface area contributed by atoms with Gasteiger partial charge in [-0.25, -0.2) is 0 Å². The first-order valence-electron chi connectivity index (χ1n) is 7.83. The van der Waals surface area contributed by atoms with Crippen LogP contribution in [0, 0.1) is 32.8 Å². The van der Waals surface area contributed by atoms with Crippen LogP contribution >= 0.6 is 0 Å². The molecule has 0 saturated heterocycles. The molecule has 0 saturated carbocycles. The second kappa shape index (κ2) is 6.87. The molecule has 130 valence electrons. The van der Waals surface area contributed by atoms with E-state index in [0.717, 1.165) is 0 Å². The number of nitrogens with two attached hydrogens (primary N) is 2. The lowest BCUT2D eigenvalue weighted by Gasteiger charge is -2.14. The fourth-order valence-corrected chi connectivity index (χ4v) is 2.87. The van der Waals surface area contributed by atoms with E-state index in [9.17, 15) is 20.6 Å². The summed E-state index contributed by atoms with van der Waals surface area (Å²) in [5, 5.41) is 30.0. The largest absolute Gasteiger partial charge is 0.399 e. The van der Waals surface area contributed by atoms with Crippen molar-refractivity contribution < 1.29 is 4.92 Å². The number of nitro groups is 1. The van der Waals surface area contributed by atoms with Gasteiger partial charge in [0.05, 0.1) is 21.7 Å². The molecule has 0 aliphatic rings. The molecule has 0 aliphatic carbocycles. The lowest BCUT2D eigenvalue weighted by molar-refractivity contribution is -0.384. The van der Waals surface area contributed by atoms with Crippen molar-refractivity contribution in [3.05, 3.63) is 75.8 Å². The molecule has 4 N–H and O–H groups in total. The summed E-state index contributed by atoms with van der Waals surface area (Å²) in [6.45, 7) is 0. The molecule has 0 atom stereocenters. The maximum atomic E-state index is 10.9. The van der Waals surface area contributed by atoms with Crippen LogP contribution in [0.3, 0.4) is 0 Å². The molecule has 3 aromatic rings. The highest BCUT2D eigenvalue weighted by molar-refractivity contribution is 5.89. The monoisotopic (exact) mass is 355 g/mol. The predicted molar refractivity (Wildman–Crippen MR) is 102 cm³/mol. The molecule has 0 fully saturated rings. The van der Waals surface area contributed by atoms with Gasteiger partial charge in [0.1, 0.15) is 12.1 Å². The minimum Gasteiger partial charge on any atom is -0.399 e. The number of hydrogen-bond acceptors (Lipinski definition) is 6. The highest BCUT2D eigenvalue weighted by Crippen LogP contribution is 2.37. The SMILES string of the molecule is N#Cc1c(-c2ccc([N+](=O)[O-])cc2)cc(-c2cccc(N)c2)c(C#N)c1N. The third kappa shape index (κ3) is 3.13. The molecule has 7 nitrogen and oxygen atoms in total. The molecular weight excluding hydrogens is 342 g/mol. The highest BCUT2D eigenvalue weighted by atomic mass is 16.6. The standard InChI is InChI=1S/C20H13N5O2/c21-10-18-16(12-4-6-15(7-5-12)25(26)27)9-17(19(11-22)20(18)24)13-2-1-3-14(23)8-13/h1-9H,23-24H2. The summed E-state index contributed by atoms with van der Waals surface area (Å²) < 4.78 is 0. The third-order valence-corrected chi connectivity index (χ3v) is 4.18. The van der Waals surface area contributed by atoms with Crippen molar-refractivity contribution in [2.24, 2.45) is 0 Å². The minimum absolute atomic E-state index is 0.0602. The van der Waals surface area contributed by atoms with Gasteiger partial charge >= 0.3 is 0 Å². The topological polar surface area (TPSA) is 143 Å².